The molecule has 146 valence electrons. The van der Waals surface area contributed by atoms with E-state index in [1.807, 2.05) is 6.07 Å². The molecule has 28 heavy (non-hydrogen) atoms. The van der Waals surface area contributed by atoms with E-state index in [1.54, 1.807) is 5.01 Å². The van der Waals surface area contributed by atoms with Crippen molar-refractivity contribution in [1.82, 2.24) is 9.91 Å². The van der Waals surface area contributed by atoms with Crippen LogP contribution in [0.1, 0.15) is 34.7 Å². The number of ether oxygens (including phenoxy) is 1. The number of hydrogen-bond donors (Lipinski definition) is 0. The molecular formula is C23H27N3O2. The number of carbonyl (C=O) groups excluding carboxylic acids is 1. The zero-order chi connectivity index (χ0) is 19.5. The van der Waals surface area contributed by atoms with E-state index in [0.29, 0.717) is 19.8 Å². The summed E-state index contributed by atoms with van der Waals surface area (Å²) in [6, 6.07) is 16.7. The minimum absolute atomic E-state index is 0.0510. The van der Waals surface area contributed by atoms with Crippen LogP contribution < -0.4 is 0 Å². The molecule has 4 rings (SSSR count). The average molecular weight is 377 g/mol. The summed E-state index contributed by atoms with van der Waals surface area (Å²) in [5.41, 5.74) is 5.62. The molecule has 5 heteroatoms. The molecule has 0 N–H and O–H groups in total. The van der Waals surface area contributed by atoms with Gasteiger partial charge in [0.2, 0.25) is 0 Å². The fraction of sp³-hybridized carbons (Fsp3) is 0.391. The Hall–Kier alpha value is -2.50. The molecule has 2 aliphatic heterocycles. The van der Waals surface area contributed by atoms with Gasteiger partial charge in [0, 0.05) is 19.5 Å². The standard InChI is InChI=1S/C23H27N3O2/c1-17-6-8-19(9-7-17)22-15-21(20-5-3-4-18(2)14-20)24-26(22)23(27)16-25-10-12-28-13-11-25/h3-9,14,22H,10-13,15-16H2,1-2H3/t22-/m0/s1. The van der Waals surface area contributed by atoms with Crippen molar-refractivity contribution < 1.29 is 9.53 Å². The van der Waals surface area contributed by atoms with Crippen molar-refractivity contribution >= 4 is 11.6 Å². The lowest BCUT2D eigenvalue weighted by molar-refractivity contribution is -0.135. The van der Waals surface area contributed by atoms with Gasteiger partial charge in [0.25, 0.3) is 5.91 Å². The molecule has 0 radical (unpaired) electrons. The molecule has 0 aliphatic carbocycles. The van der Waals surface area contributed by atoms with Crippen LogP contribution in [0.25, 0.3) is 0 Å². The summed E-state index contributed by atoms with van der Waals surface area (Å²) >= 11 is 0. The van der Waals surface area contributed by atoms with Gasteiger partial charge in [0.1, 0.15) is 0 Å². The van der Waals surface area contributed by atoms with E-state index in [4.69, 9.17) is 9.84 Å². The van der Waals surface area contributed by atoms with Crippen LogP contribution in [0.3, 0.4) is 0 Å². The summed E-state index contributed by atoms with van der Waals surface area (Å²) in [6.07, 6.45) is 0.737. The minimum Gasteiger partial charge on any atom is -0.379 e. The summed E-state index contributed by atoms with van der Waals surface area (Å²) in [7, 11) is 0. The van der Waals surface area contributed by atoms with E-state index in [-0.39, 0.29) is 11.9 Å². The fourth-order valence-electron chi connectivity index (χ4n) is 3.81. The van der Waals surface area contributed by atoms with Crippen molar-refractivity contribution in [3.8, 4) is 0 Å². The SMILES string of the molecule is Cc1ccc([C@@H]2CC(c3cccc(C)c3)=NN2C(=O)CN2CCOCC2)cc1. The molecule has 1 atom stereocenters. The van der Waals surface area contributed by atoms with E-state index in [0.717, 1.165) is 36.3 Å². The Morgan fingerprint density at radius 2 is 1.82 bits per heavy atom. The summed E-state index contributed by atoms with van der Waals surface area (Å²) < 4.78 is 5.40. The predicted molar refractivity (Wildman–Crippen MR) is 110 cm³/mol. The van der Waals surface area contributed by atoms with Gasteiger partial charge >= 0.3 is 0 Å². The number of morpholine rings is 1. The number of aryl methyl sites for hydroxylation is 2. The molecule has 1 saturated heterocycles. The fourth-order valence-corrected chi connectivity index (χ4v) is 3.81. The molecule has 0 spiro atoms. The second-order valence-corrected chi connectivity index (χ2v) is 7.67. The number of hydrogen-bond acceptors (Lipinski definition) is 4. The van der Waals surface area contributed by atoms with Gasteiger partial charge in [-0.1, -0.05) is 59.7 Å². The van der Waals surface area contributed by atoms with E-state index < -0.39 is 0 Å². The first-order valence-electron chi connectivity index (χ1n) is 9.93. The predicted octanol–water partition coefficient (Wildman–Crippen LogP) is 3.31. The largest absolute Gasteiger partial charge is 0.379 e. The summed E-state index contributed by atoms with van der Waals surface area (Å²) in [6.45, 7) is 7.51. The molecule has 0 aromatic heterocycles. The lowest BCUT2D eigenvalue weighted by Crippen LogP contribution is -2.43. The van der Waals surface area contributed by atoms with Crippen LogP contribution in [-0.4, -0.2) is 54.4 Å². The van der Waals surface area contributed by atoms with E-state index in [2.05, 4.69) is 61.2 Å². The normalized spacial score (nSPS) is 20.3. The molecule has 2 aromatic rings. The number of rotatable bonds is 4. The third-order valence-electron chi connectivity index (χ3n) is 5.44. The molecule has 0 bridgehead atoms. The molecule has 0 unspecified atom stereocenters. The third-order valence-corrected chi connectivity index (χ3v) is 5.44. The minimum atomic E-state index is -0.0512. The zero-order valence-corrected chi connectivity index (χ0v) is 16.6. The third kappa shape index (κ3) is 4.16. The van der Waals surface area contributed by atoms with Crippen molar-refractivity contribution in [3.63, 3.8) is 0 Å². The topological polar surface area (TPSA) is 45.1 Å². The second kappa shape index (κ2) is 8.25. The maximum absolute atomic E-state index is 13.1. The highest BCUT2D eigenvalue weighted by Gasteiger charge is 2.33. The Balaban J connectivity index is 1.60. The maximum atomic E-state index is 13.1. The van der Waals surface area contributed by atoms with Crippen LogP contribution in [0.15, 0.2) is 53.6 Å². The van der Waals surface area contributed by atoms with Crippen LogP contribution in [-0.2, 0) is 9.53 Å². The summed E-state index contributed by atoms with van der Waals surface area (Å²) in [5.74, 6) is 0.0510. The highest BCUT2D eigenvalue weighted by molar-refractivity contribution is 6.03. The Morgan fingerprint density at radius 3 is 2.54 bits per heavy atom. The van der Waals surface area contributed by atoms with Crippen LogP contribution in [0.5, 0.6) is 0 Å². The molecule has 1 amide bonds. The molecule has 2 aromatic carbocycles. The smallest absolute Gasteiger partial charge is 0.257 e. The molecular weight excluding hydrogens is 350 g/mol. The first-order chi connectivity index (χ1) is 13.6. The van der Waals surface area contributed by atoms with E-state index in [1.165, 1.54) is 11.1 Å². The molecule has 0 saturated carbocycles. The molecule has 2 aliphatic rings. The molecule has 2 heterocycles. The van der Waals surface area contributed by atoms with Gasteiger partial charge in [-0.15, -0.1) is 0 Å². The lowest BCUT2D eigenvalue weighted by atomic mass is 9.97. The number of amides is 1. The van der Waals surface area contributed by atoms with E-state index in [9.17, 15) is 4.79 Å². The number of nitrogens with zero attached hydrogens (tertiary/aromatic N) is 3. The number of carbonyl (C=O) groups is 1. The Kier molecular flexibility index (Phi) is 5.55. The van der Waals surface area contributed by atoms with Crippen molar-refractivity contribution in [2.75, 3.05) is 32.8 Å². The van der Waals surface area contributed by atoms with Gasteiger partial charge in [-0.3, -0.25) is 9.69 Å². The summed E-state index contributed by atoms with van der Waals surface area (Å²) in [4.78, 5) is 15.3. The monoisotopic (exact) mass is 377 g/mol. The molecule has 1 fully saturated rings. The van der Waals surface area contributed by atoms with Gasteiger partial charge in [0.05, 0.1) is 31.5 Å². The Bertz CT molecular complexity index is 870. The quantitative estimate of drug-likeness (QED) is 0.821. The van der Waals surface area contributed by atoms with Gasteiger partial charge in [-0.25, -0.2) is 5.01 Å². The van der Waals surface area contributed by atoms with Crippen molar-refractivity contribution in [2.24, 2.45) is 5.10 Å². The highest BCUT2D eigenvalue weighted by atomic mass is 16.5. The molecule has 5 nitrogen and oxygen atoms in total. The summed E-state index contributed by atoms with van der Waals surface area (Å²) in [5, 5.41) is 6.49. The van der Waals surface area contributed by atoms with Crippen molar-refractivity contribution in [3.05, 3.63) is 70.8 Å². The first kappa shape index (κ1) is 18.8. The first-order valence-corrected chi connectivity index (χ1v) is 9.93. The van der Waals surface area contributed by atoms with E-state index >= 15 is 0 Å². The average Bonchev–Trinajstić information content (AvgIpc) is 3.15. The lowest BCUT2D eigenvalue weighted by Gasteiger charge is -2.29. The van der Waals surface area contributed by atoms with Crippen LogP contribution in [0.4, 0.5) is 0 Å². The van der Waals surface area contributed by atoms with Gasteiger partial charge in [0.15, 0.2) is 0 Å². The Morgan fingerprint density at radius 1 is 1.07 bits per heavy atom. The maximum Gasteiger partial charge on any atom is 0.257 e. The van der Waals surface area contributed by atoms with Crippen molar-refractivity contribution in [2.45, 2.75) is 26.3 Å². The highest BCUT2D eigenvalue weighted by Crippen LogP contribution is 2.33. The zero-order valence-electron chi connectivity index (χ0n) is 16.6. The van der Waals surface area contributed by atoms with Gasteiger partial charge in [-0.05, 0) is 25.0 Å². The van der Waals surface area contributed by atoms with Crippen LogP contribution in [0, 0.1) is 13.8 Å². The van der Waals surface area contributed by atoms with Crippen molar-refractivity contribution in [1.29, 1.82) is 0 Å². The van der Waals surface area contributed by atoms with Gasteiger partial charge in [-0.2, -0.15) is 5.10 Å². The second-order valence-electron chi connectivity index (χ2n) is 7.67. The number of benzene rings is 2. The van der Waals surface area contributed by atoms with Crippen LogP contribution in [0.2, 0.25) is 0 Å². The Labute approximate surface area is 166 Å². The number of hydrazone groups is 1. The van der Waals surface area contributed by atoms with Crippen LogP contribution >= 0.6 is 0 Å². The van der Waals surface area contributed by atoms with Gasteiger partial charge < -0.3 is 4.74 Å².